The predicted molar refractivity (Wildman–Crippen MR) is 71.7 cm³/mol. The van der Waals surface area contributed by atoms with E-state index in [1.54, 1.807) is 12.1 Å². The minimum Gasteiger partial charge on any atom is -0.508 e. The maximum absolute atomic E-state index is 9.51. The number of hydrogen-bond donors (Lipinski definition) is 2. The molecule has 0 radical (unpaired) electrons. The summed E-state index contributed by atoms with van der Waals surface area (Å²) in [4.78, 5) is 4.40. The molecule has 1 heterocycles. The lowest BCUT2D eigenvalue weighted by molar-refractivity contribution is 0.475. The van der Waals surface area contributed by atoms with E-state index in [-0.39, 0.29) is 11.8 Å². The highest BCUT2D eigenvalue weighted by molar-refractivity contribution is 6.31. The third-order valence-corrected chi connectivity index (χ3v) is 3.45. The van der Waals surface area contributed by atoms with Crippen LogP contribution in [0.4, 0.5) is 0 Å². The number of aromatic nitrogens is 1. The van der Waals surface area contributed by atoms with Crippen molar-refractivity contribution in [2.75, 3.05) is 0 Å². The van der Waals surface area contributed by atoms with Gasteiger partial charge in [0.2, 0.25) is 0 Å². The monoisotopic (exact) mass is 260 g/mol. The molecule has 1 fully saturated rings. The van der Waals surface area contributed by atoms with Crippen molar-refractivity contribution in [2.24, 2.45) is 5.73 Å². The average Bonchev–Trinajstić information content (AvgIpc) is 3.05. The van der Waals surface area contributed by atoms with Crippen LogP contribution in [0.5, 0.6) is 5.75 Å². The molecule has 1 aliphatic carbocycles. The molecule has 18 heavy (non-hydrogen) atoms. The van der Waals surface area contributed by atoms with Gasteiger partial charge in [-0.2, -0.15) is 0 Å². The van der Waals surface area contributed by atoms with E-state index in [9.17, 15) is 5.11 Å². The van der Waals surface area contributed by atoms with Crippen LogP contribution in [0.2, 0.25) is 5.02 Å². The quantitative estimate of drug-likeness (QED) is 0.873. The topological polar surface area (TPSA) is 59.1 Å². The fraction of sp³-hybridized carbons (Fsp3) is 0.214. The van der Waals surface area contributed by atoms with Crippen LogP contribution in [0.25, 0.3) is 11.3 Å². The second-order valence-corrected chi connectivity index (χ2v) is 5.12. The smallest absolute Gasteiger partial charge is 0.117 e. The Balaban J connectivity index is 1.92. The number of nitrogens with two attached hydrogens (primary N) is 1. The first-order valence-corrected chi connectivity index (χ1v) is 6.23. The van der Waals surface area contributed by atoms with Crippen LogP contribution < -0.4 is 5.73 Å². The second kappa shape index (κ2) is 4.26. The second-order valence-electron chi connectivity index (χ2n) is 4.68. The number of benzene rings is 1. The van der Waals surface area contributed by atoms with Crippen molar-refractivity contribution in [3.05, 3.63) is 47.1 Å². The van der Waals surface area contributed by atoms with Crippen molar-refractivity contribution in [2.45, 2.75) is 18.4 Å². The van der Waals surface area contributed by atoms with Gasteiger partial charge in [-0.05, 0) is 36.2 Å². The standard InChI is InChI=1S/C14H13ClN2O/c15-10-3-9(4-11(18)5-10)14-2-1-8(7-17-14)12-6-13(12)16/h1-5,7,12-13,18H,6,16H2. The van der Waals surface area contributed by atoms with Crippen LogP contribution in [-0.4, -0.2) is 16.1 Å². The molecule has 1 aromatic heterocycles. The number of nitrogens with zero attached hydrogens (tertiary/aromatic N) is 1. The summed E-state index contributed by atoms with van der Waals surface area (Å²) in [6, 6.07) is 9.20. The lowest BCUT2D eigenvalue weighted by atomic mass is 10.1. The predicted octanol–water partition coefficient (Wildman–Crippen LogP) is 2.92. The van der Waals surface area contributed by atoms with Gasteiger partial charge in [-0.15, -0.1) is 0 Å². The van der Waals surface area contributed by atoms with E-state index in [1.807, 2.05) is 18.3 Å². The van der Waals surface area contributed by atoms with Gasteiger partial charge in [-0.1, -0.05) is 17.7 Å². The molecular weight excluding hydrogens is 248 g/mol. The van der Waals surface area contributed by atoms with Crippen molar-refractivity contribution in [1.29, 1.82) is 0 Å². The van der Waals surface area contributed by atoms with Crippen molar-refractivity contribution in [1.82, 2.24) is 4.98 Å². The highest BCUT2D eigenvalue weighted by Crippen LogP contribution is 2.39. The first-order chi connectivity index (χ1) is 8.63. The maximum atomic E-state index is 9.51. The Morgan fingerprint density at radius 2 is 2.06 bits per heavy atom. The largest absolute Gasteiger partial charge is 0.508 e. The summed E-state index contributed by atoms with van der Waals surface area (Å²) in [5.74, 6) is 0.604. The maximum Gasteiger partial charge on any atom is 0.117 e. The number of aromatic hydroxyl groups is 1. The SMILES string of the molecule is NC1CC1c1ccc(-c2cc(O)cc(Cl)c2)nc1. The Morgan fingerprint density at radius 3 is 2.61 bits per heavy atom. The lowest BCUT2D eigenvalue weighted by Crippen LogP contribution is -2.01. The molecule has 3 nitrogen and oxygen atoms in total. The fourth-order valence-electron chi connectivity index (χ4n) is 2.12. The Bertz CT molecular complexity index is 563. The van der Waals surface area contributed by atoms with E-state index >= 15 is 0 Å². The van der Waals surface area contributed by atoms with Gasteiger partial charge < -0.3 is 10.8 Å². The van der Waals surface area contributed by atoms with Gasteiger partial charge in [0, 0.05) is 28.7 Å². The molecule has 2 unspecified atom stereocenters. The Labute approximate surface area is 110 Å². The Kier molecular flexibility index (Phi) is 2.73. The molecule has 3 N–H and O–H groups in total. The molecule has 0 bridgehead atoms. The number of hydrogen-bond acceptors (Lipinski definition) is 3. The zero-order chi connectivity index (χ0) is 12.7. The van der Waals surface area contributed by atoms with Crippen LogP contribution in [0.1, 0.15) is 17.9 Å². The van der Waals surface area contributed by atoms with Crippen molar-refractivity contribution < 1.29 is 5.11 Å². The van der Waals surface area contributed by atoms with E-state index in [2.05, 4.69) is 4.98 Å². The third kappa shape index (κ3) is 2.19. The molecule has 1 saturated carbocycles. The first-order valence-electron chi connectivity index (χ1n) is 5.85. The molecule has 0 aliphatic heterocycles. The van der Waals surface area contributed by atoms with Gasteiger partial charge in [0.15, 0.2) is 0 Å². The summed E-state index contributed by atoms with van der Waals surface area (Å²) in [6.07, 6.45) is 2.89. The minimum absolute atomic E-state index is 0.146. The molecule has 3 rings (SSSR count). The number of phenols is 1. The fourth-order valence-corrected chi connectivity index (χ4v) is 2.34. The van der Waals surface area contributed by atoms with Gasteiger partial charge in [0.25, 0.3) is 0 Å². The molecule has 2 atom stereocenters. The van der Waals surface area contributed by atoms with Gasteiger partial charge >= 0.3 is 0 Å². The van der Waals surface area contributed by atoms with Crippen LogP contribution >= 0.6 is 11.6 Å². The molecule has 92 valence electrons. The summed E-state index contributed by atoms with van der Waals surface area (Å²) in [7, 11) is 0. The summed E-state index contributed by atoms with van der Waals surface area (Å²) in [5, 5.41) is 10.0. The van der Waals surface area contributed by atoms with Gasteiger partial charge in [-0.3, -0.25) is 4.98 Å². The third-order valence-electron chi connectivity index (χ3n) is 3.23. The number of rotatable bonds is 2. The zero-order valence-corrected chi connectivity index (χ0v) is 10.4. The van der Waals surface area contributed by atoms with E-state index in [0.29, 0.717) is 10.9 Å². The van der Waals surface area contributed by atoms with Crippen molar-refractivity contribution in [3.8, 4) is 17.0 Å². The molecule has 4 heteroatoms. The summed E-state index contributed by atoms with van der Waals surface area (Å²) < 4.78 is 0. The number of halogens is 1. The van der Waals surface area contributed by atoms with E-state index < -0.39 is 0 Å². The minimum atomic E-state index is 0.146. The Morgan fingerprint density at radius 1 is 1.28 bits per heavy atom. The summed E-state index contributed by atoms with van der Waals surface area (Å²) in [6.45, 7) is 0. The zero-order valence-electron chi connectivity index (χ0n) is 9.68. The van der Waals surface area contributed by atoms with E-state index in [0.717, 1.165) is 17.7 Å². The molecule has 1 aliphatic rings. The first kappa shape index (κ1) is 11.5. The molecule has 0 spiro atoms. The number of pyridine rings is 1. The van der Waals surface area contributed by atoms with Crippen LogP contribution in [0.3, 0.4) is 0 Å². The van der Waals surface area contributed by atoms with Crippen LogP contribution in [0, 0.1) is 0 Å². The van der Waals surface area contributed by atoms with E-state index in [1.165, 1.54) is 11.6 Å². The Hall–Kier alpha value is -1.58. The van der Waals surface area contributed by atoms with Crippen molar-refractivity contribution >= 4 is 11.6 Å². The van der Waals surface area contributed by atoms with Crippen LogP contribution in [-0.2, 0) is 0 Å². The summed E-state index contributed by atoms with van der Waals surface area (Å²) >= 11 is 5.91. The molecule has 0 amide bonds. The highest BCUT2D eigenvalue weighted by Gasteiger charge is 2.34. The van der Waals surface area contributed by atoms with Gasteiger partial charge in [-0.25, -0.2) is 0 Å². The molecular formula is C14H13ClN2O. The van der Waals surface area contributed by atoms with E-state index in [4.69, 9.17) is 17.3 Å². The normalized spacial score (nSPS) is 21.9. The van der Waals surface area contributed by atoms with Crippen LogP contribution in [0.15, 0.2) is 36.5 Å². The van der Waals surface area contributed by atoms with Gasteiger partial charge in [0.05, 0.1) is 5.69 Å². The molecule has 1 aromatic carbocycles. The lowest BCUT2D eigenvalue weighted by Gasteiger charge is -2.04. The van der Waals surface area contributed by atoms with Gasteiger partial charge in [0.1, 0.15) is 5.75 Å². The molecule has 2 aromatic rings. The molecule has 0 saturated heterocycles. The number of phenolic OH excluding ortho intramolecular Hbond substituents is 1. The highest BCUT2D eigenvalue weighted by atomic mass is 35.5. The average molecular weight is 261 g/mol. The van der Waals surface area contributed by atoms with Crippen molar-refractivity contribution in [3.63, 3.8) is 0 Å². The summed E-state index contributed by atoms with van der Waals surface area (Å²) in [5.41, 5.74) is 8.60.